The fourth-order valence-corrected chi connectivity index (χ4v) is 1.77. The van der Waals surface area contributed by atoms with Crippen LogP contribution in [0.2, 0.25) is 0 Å². The van der Waals surface area contributed by atoms with Crippen LogP contribution < -0.4 is 0 Å². The molecule has 0 saturated carbocycles. The van der Waals surface area contributed by atoms with Crippen molar-refractivity contribution in [2.45, 2.75) is 0 Å². The van der Waals surface area contributed by atoms with Crippen LogP contribution in [0.3, 0.4) is 0 Å². The van der Waals surface area contributed by atoms with Gasteiger partial charge in [-0.15, -0.1) is 0 Å². The van der Waals surface area contributed by atoms with Crippen LogP contribution in [0.5, 0.6) is 0 Å². The normalized spacial score (nSPS) is 9.68. The number of carbonyl (C=O) groups excluding carboxylic acids is 2. The van der Waals surface area contributed by atoms with Gasteiger partial charge in [-0.05, 0) is 24.3 Å². The quantitative estimate of drug-likeness (QED) is 0.480. The second-order valence-corrected chi connectivity index (χ2v) is 3.83. The zero-order valence-electron chi connectivity index (χ0n) is 9.76. The molecule has 0 aromatic heterocycles. The van der Waals surface area contributed by atoms with Gasteiger partial charge in [-0.3, -0.25) is 9.59 Å². The number of ketones is 1. The van der Waals surface area contributed by atoms with Crippen molar-refractivity contribution >= 4 is 12.1 Å². The first kappa shape index (κ1) is 12.7. The highest BCUT2D eigenvalue weighted by molar-refractivity contribution is 6.33. The molecule has 92 valence electrons. The molecular weight excluding hydrogens is 245 g/mol. The Kier molecular flexibility index (Phi) is 3.48. The van der Waals surface area contributed by atoms with Crippen LogP contribution in [-0.4, -0.2) is 12.1 Å². The smallest absolute Gasteiger partial charge is 0.225 e. The van der Waals surface area contributed by atoms with Gasteiger partial charge in [0, 0.05) is 16.7 Å². The van der Waals surface area contributed by atoms with Crippen molar-refractivity contribution in [3.05, 3.63) is 59.4 Å². The van der Waals surface area contributed by atoms with E-state index in [0.717, 1.165) is 6.07 Å². The van der Waals surface area contributed by atoms with Gasteiger partial charge in [0.15, 0.2) is 6.29 Å². The Morgan fingerprint density at radius 3 is 2.58 bits per heavy atom. The van der Waals surface area contributed by atoms with E-state index in [1.807, 2.05) is 6.07 Å². The second-order valence-electron chi connectivity index (χ2n) is 3.83. The molecule has 0 unspecified atom stereocenters. The molecule has 0 N–H and O–H groups in total. The molecule has 0 aliphatic heterocycles. The average molecular weight is 253 g/mol. The van der Waals surface area contributed by atoms with Crippen molar-refractivity contribution in [1.82, 2.24) is 0 Å². The minimum Gasteiger partial charge on any atom is -0.294 e. The summed E-state index contributed by atoms with van der Waals surface area (Å²) >= 11 is 0. The number of aldehydes is 1. The van der Waals surface area contributed by atoms with E-state index in [4.69, 9.17) is 5.26 Å². The minimum atomic E-state index is -0.726. The fourth-order valence-electron chi connectivity index (χ4n) is 1.77. The zero-order valence-corrected chi connectivity index (χ0v) is 9.76. The van der Waals surface area contributed by atoms with Gasteiger partial charge in [-0.25, -0.2) is 4.39 Å². The summed E-state index contributed by atoms with van der Waals surface area (Å²) in [5, 5.41) is 9.00. The summed E-state index contributed by atoms with van der Waals surface area (Å²) in [5.41, 5.74) is 0.921. The topological polar surface area (TPSA) is 57.9 Å². The van der Waals surface area contributed by atoms with Crippen LogP contribution in [0.25, 0.3) is 11.1 Å². The summed E-state index contributed by atoms with van der Waals surface area (Å²) in [6.45, 7) is 0. The molecule has 0 saturated heterocycles. The van der Waals surface area contributed by atoms with Crippen molar-refractivity contribution in [2.75, 3.05) is 0 Å². The molecular formula is C15H8FNO2. The van der Waals surface area contributed by atoms with Gasteiger partial charge in [0.05, 0.1) is 11.6 Å². The summed E-state index contributed by atoms with van der Waals surface area (Å²) in [6.07, 6.45) is 0.174. The third kappa shape index (κ3) is 2.40. The Balaban J connectivity index is 2.65. The maximum absolute atomic E-state index is 13.8. The molecule has 4 heteroatoms. The summed E-state index contributed by atoms with van der Waals surface area (Å²) in [6, 6.07) is 12.1. The highest BCUT2D eigenvalue weighted by Gasteiger charge is 2.13. The Morgan fingerprint density at radius 2 is 1.89 bits per heavy atom. The van der Waals surface area contributed by atoms with Gasteiger partial charge in [0.25, 0.3) is 0 Å². The molecule has 0 radical (unpaired) electrons. The van der Waals surface area contributed by atoms with Crippen LogP contribution in [0.15, 0.2) is 42.5 Å². The maximum Gasteiger partial charge on any atom is 0.225 e. The third-order valence-corrected chi connectivity index (χ3v) is 2.70. The summed E-state index contributed by atoms with van der Waals surface area (Å²) in [4.78, 5) is 21.8. The van der Waals surface area contributed by atoms with Crippen LogP contribution >= 0.6 is 0 Å². The second kappa shape index (κ2) is 5.23. The number of nitriles is 1. The van der Waals surface area contributed by atoms with E-state index in [0.29, 0.717) is 11.1 Å². The predicted molar refractivity (Wildman–Crippen MR) is 66.9 cm³/mol. The predicted octanol–water partition coefficient (Wildman–Crippen LogP) is 2.75. The monoisotopic (exact) mass is 253 g/mol. The van der Waals surface area contributed by atoms with Crippen molar-refractivity contribution in [3.8, 4) is 17.2 Å². The molecule has 0 aliphatic rings. The lowest BCUT2D eigenvalue weighted by Crippen LogP contribution is -2.01. The first-order chi connectivity index (χ1) is 9.17. The van der Waals surface area contributed by atoms with E-state index < -0.39 is 11.6 Å². The summed E-state index contributed by atoms with van der Waals surface area (Å²) in [7, 11) is 0. The van der Waals surface area contributed by atoms with Gasteiger partial charge >= 0.3 is 0 Å². The number of halogens is 1. The molecule has 0 fully saturated rings. The van der Waals surface area contributed by atoms with Crippen LogP contribution in [0, 0.1) is 17.1 Å². The van der Waals surface area contributed by atoms with Gasteiger partial charge in [-0.1, -0.05) is 18.2 Å². The molecule has 0 bridgehead atoms. The lowest BCUT2D eigenvalue weighted by atomic mass is 9.97. The molecule has 0 amide bonds. The van der Waals surface area contributed by atoms with Crippen molar-refractivity contribution in [1.29, 1.82) is 5.26 Å². The number of nitrogens with zero attached hydrogens (tertiary/aromatic N) is 1. The van der Waals surface area contributed by atoms with E-state index in [-0.39, 0.29) is 17.4 Å². The molecule has 3 nitrogen and oxygen atoms in total. The lowest BCUT2D eigenvalue weighted by Gasteiger charge is -2.06. The molecule has 2 aromatic carbocycles. The average Bonchev–Trinajstić information content (AvgIpc) is 2.47. The molecule has 0 aliphatic carbocycles. The summed E-state index contributed by atoms with van der Waals surface area (Å²) in [5.74, 6) is -1.28. The van der Waals surface area contributed by atoms with Gasteiger partial charge in [0.2, 0.25) is 5.78 Å². The highest BCUT2D eigenvalue weighted by atomic mass is 19.1. The molecule has 2 aromatic rings. The van der Waals surface area contributed by atoms with Crippen LogP contribution in [0.4, 0.5) is 4.39 Å². The zero-order chi connectivity index (χ0) is 13.8. The number of hydrogen-bond donors (Lipinski definition) is 0. The Labute approximate surface area is 108 Å². The van der Waals surface area contributed by atoms with Crippen molar-refractivity contribution in [3.63, 3.8) is 0 Å². The van der Waals surface area contributed by atoms with Gasteiger partial charge in [-0.2, -0.15) is 5.26 Å². The third-order valence-electron chi connectivity index (χ3n) is 2.70. The fraction of sp³-hybridized carbons (Fsp3) is 0. The molecule has 19 heavy (non-hydrogen) atoms. The van der Waals surface area contributed by atoms with E-state index in [2.05, 4.69) is 0 Å². The van der Waals surface area contributed by atoms with Crippen LogP contribution in [0.1, 0.15) is 15.9 Å². The lowest BCUT2D eigenvalue weighted by molar-refractivity contribution is -0.104. The van der Waals surface area contributed by atoms with E-state index in [1.165, 1.54) is 12.1 Å². The Bertz CT molecular complexity index is 702. The van der Waals surface area contributed by atoms with Crippen LogP contribution in [-0.2, 0) is 4.79 Å². The first-order valence-electron chi connectivity index (χ1n) is 5.46. The largest absolute Gasteiger partial charge is 0.294 e. The number of Topliss-reactive ketones (excluding diaryl/α,β-unsaturated/α-hetero) is 1. The number of carbonyl (C=O) groups is 2. The Hall–Kier alpha value is -2.80. The number of benzene rings is 2. The highest BCUT2D eigenvalue weighted by Crippen LogP contribution is 2.27. The maximum atomic E-state index is 13.8. The first-order valence-corrected chi connectivity index (χ1v) is 5.46. The van der Waals surface area contributed by atoms with E-state index in [1.54, 1.807) is 24.3 Å². The van der Waals surface area contributed by atoms with Gasteiger partial charge < -0.3 is 0 Å². The minimum absolute atomic E-state index is 0.0964. The number of hydrogen-bond acceptors (Lipinski definition) is 3. The SMILES string of the molecule is N#Cc1ccccc1-c1cc(C(=O)C=O)ccc1F. The molecule has 0 heterocycles. The molecule has 0 atom stereocenters. The van der Waals surface area contributed by atoms with Crippen molar-refractivity contribution < 1.29 is 14.0 Å². The molecule has 0 spiro atoms. The molecule has 2 rings (SSSR count). The standard InChI is InChI=1S/C15H8FNO2/c16-14-6-5-10(15(19)9-18)7-13(14)12-4-2-1-3-11(12)8-17/h1-7,9H. The number of rotatable bonds is 3. The Morgan fingerprint density at radius 1 is 1.16 bits per heavy atom. The summed E-state index contributed by atoms with van der Waals surface area (Å²) < 4.78 is 13.8. The van der Waals surface area contributed by atoms with Crippen molar-refractivity contribution in [2.24, 2.45) is 0 Å². The van der Waals surface area contributed by atoms with E-state index >= 15 is 0 Å². The van der Waals surface area contributed by atoms with Gasteiger partial charge in [0.1, 0.15) is 5.82 Å². The van der Waals surface area contributed by atoms with E-state index in [9.17, 15) is 14.0 Å².